The van der Waals surface area contributed by atoms with Crippen LogP contribution in [0.4, 0.5) is 4.79 Å². The Bertz CT molecular complexity index is 683. The minimum absolute atomic E-state index is 0.106. The number of hydrogen-bond acceptors (Lipinski definition) is 5. The van der Waals surface area contributed by atoms with Crippen LogP contribution in [0.25, 0.3) is 0 Å². The van der Waals surface area contributed by atoms with Crippen LogP contribution in [0, 0.1) is 5.92 Å². The lowest BCUT2D eigenvalue weighted by Crippen LogP contribution is -2.52. The molecule has 0 bridgehead atoms. The van der Waals surface area contributed by atoms with Gasteiger partial charge in [0.25, 0.3) is 5.91 Å². The second-order valence-electron chi connectivity index (χ2n) is 8.34. The first-order valence-electron chi connectivity index (χ1n) is 11.2. The molecule has 1 aliphatic carbocycles. The number of rotatable bonds is 8. The molecule has 30 heavy (non-hydrogen) atoms. The first-order chi connectivity index (χ1) is 14.6. The SMILES string of the molecule is COCC(=O)NC(=O)N1CCN(Cc2cccc(OCCC3CCCCC3)c2)CC1. The molecule has 3 amide bonds. The van der Waals surface area contributed by atoms with Crippen molar-refractivity contribution in [3.63, 3.8) is 0 Å². The fraction of sp³-hybridized carbons (Fsp3) is 0.652. The minimum atomic E-state index is -0.412. The van der Waals surface area contributed by atoms with Crippen molar-refractivity contribution < 1.29 is 19.1 Å². The van der Waals surface area contributed by atoms with Gasteiger partial charge in [-0.3, -0.25) is 15.0 Å². The highest BCUT2D eigenvalue weighted by molar-refractivity contribution is 5.94. The van der Waals surface area contributed by atoms with E-state index in [1.165, 1.54) is 44.8 Å². The van der Waals surface area contributed by atoms with Gasteiger partial charge in [0.1, 0.15) is 12.4 Å². The van der Waals surface area contributed by atoms with E-state index in [1.54, 1.807) is 4.90 Å². The summed E-state index contributed by atoms with van der Waals surface area (Å²) in [6.45, 7) is 4.27. The van der Waals surface area contributed by atoms with Crippen LogP contribution in [-0.4, -0.2) is 68.2 Å². The molecule has 1 aromatic rings. The van der Waals surface area contributed by atoms with Gasteiger partial charge in [-0.2, -0.15) is 0 Å². The van der Waals surface area contributed by atoms with Gasteiger partial charge in [0.2, 0.25) is 0 Å². The minimum Gasteiger partial charge on any atom is -0.494 e. The monoisotopic (exact) mass is 417 g/mol. The fourth-order valence-corrected chi connectivity index (χ4v) is 4.29. The summed E-state index contributed by atoms with van der Waals surface area (Å²) in [5, 5.41) is 2.35. The summed E-state index contributed by atoms with van der Waals surface area (Å²) >= 11 is 0. The van der Waals surface area contributed by atoms with Crippen LogP contribution in [-0.2, 0) is 16.1 Å². The third-order valence-electron chi connectivity index (χ3n) is 6.01. The molecule has 1 N–H and O–H groups in total. The summed E-state index contributed by atoms with van der Waals surface area (Å²) < 4.78 is 10.8. The zero-order valence-electron chi connectivity index (χ0n) is 18.1. The molecule has 7 heteroatoms. The summed E-state index contributed by atoms with van der Waals surface area (Å²) in [5.41, 5.74) is 1.22. The van der Waals surface area contributed by atoms with Gasteiger partial charge in [-0.25, -0.2) is 4.79 Å². The molecule has 1 heterocycles. The molecule has 1 saturated carbocycles. The summed E-state index contributed by atoms with van der Waals surface area (Å²) in [5.74, 6) is 1.36. The van der Waals surface area contributed by atoms with Crippen molar-refractivity contribution in [2.45, 2.75) is 45.1 Å². The van der Waals surface area contributed by atoms with Crippen molar-refractivity contribution in [3.8, 4) is 5.75 Å². The molecular formula is C23H35N3O4. The molecule has 1 aromatic carbocycles. The number of nitrogens with one attached hydrogen (secondary N) is 1. The standard InChI is InChI=1S/C23H35N3O4/c1-29-18-22(27)24-23(28)26-13-11-25(12-14-26)17-20-8-5-9-21(16-20)30-15-10-19-6-3-2-4-7-19/h5,8-9,16,19H,2-4,6-7,10-15,17-18H2,1H3,(H,24,27,28). The summed E-state index contributed by atoms with van der Waals surface area (Å²) in [6.07, 6.45) is 8.00. The average molecular weight is 418 g/mol. The Kier molecular flexibility index (Phi) is 8.96. The number of carbonyl (C=O) groups excluding carboxylic acids is 2. The van der Waals surface area contributed by atoms with Crippen LogP contribution in [0.1, 0.15) is 44.1 Å². The molecule has 2 aliphatic rings. The van der Waals surface area contributed by atoms with Crippen molar-refractivity contribution in [3.05, 3.63) is 29.8 Å². The van der Waals surface area contributed by atoms with E-state index >= 15 is 0 Å². The summed E-state index contributed by atoms with van der Waals surface area (Å²) in [4.78, 5) is 27.6. The predicted molar refractivity (Wildman–Crippen MR) is 115 cm³/mol. The third kappa shape index (κ3) is 7.29. The molecule has 166 valence electrons. The number of piperazine rings is 1. The molecule has 1 saturated heterocycles. The Hall–Kier alpha value is -2.12. The first kappa shape index (κ1) is 22.6. The number of imide groups is 1. The number of methoxy groups -OCH3 is 1. The van der Waals surface area contributed by atoms with E-state index < -0.39 is 5.91 Å². The smallest absolute Gasteiger partial charge is 0.324 e. The largest absolute Gasteiger partial charge is 0.494 e. The molecule has 0 unspecified atom stereocenters. The topological polar surface area (TPSA) is 71.1 Å². The van der Waals surface area contributed by atoms with Gasteiger partial charge in [0, 0.05) is 39.8 Å². The van der Waals surface area contributed by atoms with Gasteiger partial charge >= 0.3 is 6.03 Å². The first-order valence-corrected chi connectivity index (χ1v) is 11.2. The zero-order chi connectivity index (χ0) is 21.2. The maximum absolute atomic E-state index is 12.1. The lowest BCUT2D eigenvalue weighted by atomic mass is 9.87. The van der Waals surface area contributed by atoms with Crippen molar-refractivity contribution in [2.75, 3.05) is 46.5 Å². The van der Waals surface area contributed by atoms with Crippen molar-refractivity contribution in [1.82, 2.24) is 15.1 Å². The number of ether oxygens (including phenoxy) is 2. The summed E-state index contributed by atoms with van der Waals surface area (Å²) in [6, 6.07) is 7.99. The Balaban J connectivity index is 1.39. The number of amides is 3. The van der Waals surface area contributed by atoms with Gasteiger partial charge in [-0.1, -0.05) is 44.2 Å². The number of hydrogen-bond donors (Lipinski definition) is 1. The van der Waals surface area contributed by atoms with E-state index in [0.29, 0.717) is 13.1 Å². The predicted octanol–water partition coefficient (Wildman–Crippen LogP) is 3.04. The molecule has 0 aromatic heterocycles. The molecule has 3 rings (SSSR count). The maximum Gasteiger partial charge on any atom is 0.324 e. The highest BCUT2D eigenvalue weighted by Gasteiger charge is 2.22. The van der Waals surface area contributed by atoms with Crippen LogP contribution in [0.5, 0.6) is 5.75 Å². The van der Waals surface area contributed by atoms with Crippen LogP contribution in [0.2, 0.25) is 0 Å². The number of benzene rings is 1. The molecule has 0 radical (unpaired) electrons. The Morgan fingerprint density at radius 1 is 1.10 bits per heavy atom. The lowest BCUT2D eigenvalue weighted by Gasteiger charge is -2.34. The van der Waals surface area contributed by atoms with Crippen molar-refractivity contribution >= 4 is 11.9 Å². The highest BCUT2D eigenvalue weighted by Crippen LogP contribution is 2.26. The Morgan fingerprint density at radius 2 is 1.87 bits per heavy atom. The van der Waals surface area contributed by atoms with Crippen molar-refractivity contribution in [1.29, 1.82) is 0 Å². The zero-order valence-corrected chi connectivity index (χ0v) is 18.1. The summed E-state index contributed by atoms with van der Waals surface area (Å²) in [7, 11) is 1.43. The van der Waals surface area contributed by atoms with Crippen LogP contribution in [0.15, 0.2) is 24.3 Å². The number of urea groups is 1. The fourth-order valence-electron chi connectivity index (χ4n) is 4.29. The van der Waals surface area contributed by atoms with Crippen LogP contribution >= 0.6 is 0 Å². The van der Waals surface area contributed by atoms with E-state index in [-0.39, 0.29) is 12.6 Å². The average Bonchev–Trinajstić information content (AvgIpc) is 2.75. The van der Waals surface area contributed by atoms with Gasteiger partial charge < -0.3 is 14.4 Å². The van der Waals surface area contributed by atoms with Gasteiger partial charge in [-0.05, 0) is 30.0 Å². The van der Waals surface area contributed by atoms with E-state index in [0.717, 1.165) is 44.3 Å². The van der Waals surface area contributed by atoms with E-state index in [2.05, 4.69) is 28.4 Å². The Labute approximate surface area is 179 Å². The van der Waals surface area contributed by atoms with Crippen LogP contribution in [0.3, 0.4) is 0 Å². The lowest BCUT2D eigenvalue weighted by molar-refractivity contribution is -0.123. The van der Waals surface area contributed by atoms with E-state index in [1.807, 2.05) is 6.07 Å². The molecule has 0 atom stereocenters. The van der Waals surface area contributed by atoms with Gasteiger partial charge in [0.15, 0.2) is 0 Å². The van der Waals surface area contributed by atoms with E-state index in [9.17, 15) is 9.59 Å². The molecule has 7 nitrogen and oxygen atoms in total. The second kappa shape index (κ2) is 11.9. The van der Waals surface area contributed by atoms with Gasteiger partial charge in [0.05, 0.1) is 6.61 Å². The number of carbonyl (C=O) groups is 2. The second-order valence-corrected chi connectivity index (χ2v) is 8.34. The molecule has 2 fully saturated rings. The van der Waals surface area contributed by atoms with E-state index in [4.69, 9.17) is 9.47 Å². The number of nitrogens with zero attached hydrogens (tertiary/aromatic N) is 2. The highest BCUT2D eigenvalue weighted by atomic mass is 16.5. The van der Waals surface area contributed by atoms with Crippen LogP contribution < -0.4 is 10.1 Å². The molecule has 1 aliphatic heterocycles. The normalized spacial score (nSPS) is 18.2. The molecule has 0 spiro atoms. The maximum atomic E-state index is 12.1. The van der Waals surface area contributed by atoms with Gasteiger partial charge in [-0.15, -0.1) is 0 Å². The quantitative estimate of drug-likeness (QED) is 0.704. The Morgan fingerprint density at radius 3 is 2.60 bits per heavy atom. The molecular weight excluding hydrogens is 382 g/mol. The van der Waals surface area contributed by atoms with Crippen molar-refractivity contribution in [2.24, 2.45) is 5.92 Å². The third-order valence-corrected chi connectivity index (χ3v) is 6.01.